The quantitative estimate of drug-likeness (QED) is 0.280. The number of carbonyl (C=O) groups is 2. The maximum absolute atomic E-state index is 12.7. The van der Waals surface area contributed by atoms with Crippen molar-refractivity contribution in [1.82, 2.24) is 20.5 Å². The molecule has 0 saturated carbocycles. The largest absolute Gasteiger partial charge is 0.458 e. The van der Waals surface area contributed by atoms with Gasteiger partial charge in [-0.3, -0.25) is 24.8 Å². The number of pyridine rings is 1. The van der Waals surface area contributed by atoms with Crippen LogP contribution >= 0.6 is 0 Å². The van der Waals surface area contributed by atoms with E-state index in [1.165, 1.54) is 19.1 Å². The van der Waals surface area contributed by atoms with Crippen LogP contribution in [0.4, 0.5) is 23.0 Å². The first-order chi connectivity index (χ1) is 15.4. The highest BCUT2D eigenvalue weighted by Gasteiger charge is 2.34. The summed E-state index contributed by atoms with van der Waals surface area (Å²) in [6.45, 7) is 1.91. The van der Waals surface area contributed by atoms with Crippen LogP contribution in [0.5, 0.6) is 0 Å². The highest BCUT2D eigenvalue weighted by atomic mass is 16.6. The second-order valence-electron chi connectivity index (χ2n) is 7.25. The number of nitro groups is 1. The van der Waals surface area contributed by atoms with E-state index in [2.05, 4.69) is 25.8 Å². The minimum absolute atomic E-state index is 0.0760. The molecule has 0 spiro atoms. The molecule has 1 aromatic carbocycles. The Kier molecular flexibility index (Phi) is 5.94. The summed E-state index contributed by atoms with van der Waals surface area (Å²) >= 11 is 0. The molecule has 0 aliphatic carbocycles. The predicted molar refractivity (Wildman–Crippen MR) is 116 cm³/mol. The molecule has 1 saturated heterocycles. The van der Waals surface area contributed by atoms with Gasteiger partial charge in [-0.15, -0.1) is 0 Å². The topological polar surface area (TPSA) is 155 Å². The lowest BCUT2D eigenvalue weighted by Crippen LogP contribution is -2.56. The van der Waals surface area contributed by atoms with Gasteiger partial charge in [0, 0.05) is 43.7 Å². The summed E-state index contributed by atoms with van der Waals surface area (Å²) in [6.07, 6.45) is 1.69. The Labute approximate surface area is 182 Å². The third-order valence-electron chi connectivity index (χ3n) is 5.07. The zero-order chi connectivity index (χ0) is 22.7. The molecule has 2 aromatic heterocycles. The van der Waals surface area contributed by atoms with Crippen LogP contribution in [-0.2, 0) is 14.3 Å². The molecule has 32 heavy (non-hydrogen) atoms. The number of ketones is 1. The molecule has 1 aliphatic rings. The zero-order valence-corrected chi connectivity index (χ0v) is 17.2. The van der Waals surface area contributed by atoms with Crippen molar-refractivity contribution >= 4 is 45.7 Å². The smallest absolute Gasteiger partial charge is 0.311 e. The number of hydrogen-bond donors (Lipinski definition) is 3. The van der Waals surface area contributed by atoms with Gasteiger partial charge in [-0.2, -0.15) is 5.10 Å². The van der Waals surface area contributed by atoms with Crippen LogP contribution in [0.15, 0.2) is 36.5 Å². The second kappa shape index (κ2) is 8.98. The predicted octanol–water partition coefficient (Wildman–Crippen LogP) is 1.52. The van der Waals surface area contributed by atoms with Crippen LogP contribution < -0.4 is 15.5 Å². The number of aromatic amines is 1. The second-order valence-corrected chi connectivity index (χ2v) is 7.25. The van der Waals surface area contributed by atoms with Gasteiger partial charge in [0.25, 0.3) is 0 Å². The summed E-state index contributed by atoms with van der Waals surface area (Å²) in [5.41, 5.74) is 1.39. The normalized spacial score (nSPS) is 16.0. The van der Waals surface area contributed by atoms with Gasteiger partial charge in [-0.1, -0.05) is 0 Å². The fraction of sp³-hybridized carbons (Fsp3) is 0.300. The summed E-state index contributed by atoms with van der Waals surface area (Å²) in [5, 5.41) is 25.7. The summed E-state index contributed by atoms with van der Waals surface area (Å²) < 4.78 is 4.83. The van der Waals surface area contributed by atoms with E-state index in [4.69, 9.17) is 4.74 Å². The van der Waals surface area contributed by atoms with Crippen molar-refractivity contribution in [3.8, 4) is 0 Å². The van der Waals surface area contributed by atoms with Gasteiger partial charge in [0.2, 0.25) is 5.82 Å². The summed E-state index contributed by atoms with van der Waals surface area (Å²) in [7, 11) is 0. The number of aromatic nitrogens is 3. The van der Waals surface area contributed by atoms with Gasteiger partial charge >= 0.3 is 11.7 Å². The Balaban J connectivity index is 1.64. The number of anilines is 3. The molecule has 4 rings (SSSR count). The standard InChI is InChI=1S/C20H21N7O5/c1-12(28)32-11-18(29)17-10-21-6-7-26(17)20-16(27(30)31)4-5-19(24-20)23-14-2-3-15-13(8-14)9-22-25-15/h2-5,8-9,17,21H,6-7,10-11H2,1H3,(H,22,25)(H,23,24). The average molecular weight is 439 g/mol. The number of esters is 1. The molecule has 0 amide bonds. The minimum atomic E-state index is -0.758. The Hall–Kier alpha value is -4.06. The van der Waals surface area contributed by atoms with Crippen molar-refractivity contribution in [2.24, 2.45) is 0 Å². The zero-order valence-electron chi connectivity index (χ0n) is 17.2. The number of nitrogens with zero attached hydrogens (tertiary/aromatic N) is 4. The van der Waals surface area contributed by atoms with Crippen molar-refractivity contribution < 1.29 is 19.2 Å². The number of fused-ring (bicyclic) bond motifs is 1. The highest BCUT2D eigenvalue weighted by molar-refractivity contribution is 5.90. The number of nitrogens with one attached hydrogen (secondary N) is 3. The number of rotatable bonds is 7. The van der Waals surface area contributed by atoms with Crippen molar-refractivity contribution in [2.45, 2.75) is 13.0 Å². The molecule has 3 heterocycles. The number of piperazine rings is 1. The molecule has 0 radical (unpaired) electrons. The first-order valence-electron chi connectivity index (χ1n) is 9.91. The van der Waals surface area contributed by atoms with Crippen LogP contribution in [0.1, 0.15) is 6.92 Å². The van der Waals surface area contributed by atoms with E-state index in [1.807, 2.05) is 18.2 Å². The average Bonchev–Trinajstić information content (AvgIpc) is 3.25. The fourth-order valence-electron chi connectivity index (χ4n) is 3.55. The first kappa shape index (κ1) is 21.2. The number of hydrogen-bond acceptors (Lipinski definition) is 10. The Morgan fingerprint density at radius 3 is 2.97 bits per heavy atom. The van der Waals surface area contributed by atoms with Crippen LogP contribution in [0.2, 0.25) is 0 Å². The lowest BCUT2D eigenvalue weighted by Gasteiger charge is -2.35. The molecule has 3 N–H and O–H groups in total. The van der Waals surface area contributed by atoms with Gasteiger partial charge < -0.3 is 20.3 Å². The maximum Gasteiger partial charge on any atom is 0.311 e. The molecular weight excluding hydrogens is 418 g/mol. The van der Waals surface area contributed by atoms with Gasteiger partial charge in [0.1, 0.15) is 11.9 Å². The van der Waals surface area contributed by atoms with E-state index in [1.54, 1.807) is 11.1 Å². The summed E-state index contributed by atoms with van der Waals surface area (Å²) in [5.74, 6) is -0.476. The minimum Gasteiger partial charge on any atom is -0.458 e. The molecule has 1 unspecified atom stereocenters. The Morgan fingerprint density at radius 1 is 1.34 bits per heavy atom. The summed E-state index contributed by atoms with van der Waals surface area (Å²) in [6, 6.07) is 7.68. The van der Waals surface area contributed by atoms with Crippen molar-refractivity contribution in [1.29, 1.82) is 0 Å². The Morgan fingerprint density at radius 2 is 2.19 bits per heavy atom. The van der Waals surface area contributed by atoms with E-state index in [0.29, 0.717) is 18.9 Å². The first-order valence-corrected chi connectivity index (χ1v) is 9.91. The molecular formula is C20H21N7O5. The highest BCUT2D eigenvalue weighted by Crippen LogP contribution is 2.31. The monoisotopic (exact) mass is 439 g/mol. The van der Waals surface area contributed by atoms with Crippen molar-refractivity contribution in [3.63, 3.8) is 0 Å². The molecule has 1 aliphatic heterocycles. The van der Waals surface area contributed by atoms with Gasteiger partial charge in [-0.05, 0) is 24.3 Å². The molecule has 0 bridgehead atoms. The van der Waals surface area contributed by atoms with Gasteiger partial charge in [0.05, 0.1) is 16.6 Å². The number of Topliss-reactive ketones (excluding diaryl/α,β-unsaturated/α-hetero) is 1. The lowest BCUT2D eigenvalue weighted by molar-refractivity contribution is -0.384. The van der Waals surface area contributed by atoms with Crippen LogP contribution in [0.3, 0.4) is 0 Å². The third kappa shape index (κ3) is 4.49. The van der Waals surface area contributed by atoms with Gasteiger partial charge in [-0.25, -0.2) is 4.98 Å². The van der Waals surface area contributed by atoms with E-state index >= 15 is 0 Å². The summed E-state index contributed by atoms with van der Waals surface area (Å²) in [4.78, 5) is 41.0. The van der Waals surface area contributed by atoms with Crippen LogP contribution in [-0.4, -0.2) is 64.1 Å². The number of H-pyrrole nitrogens is 1. The molecule has 3 aromatic rings. The number of carbonyl (C=O) groups excluding carboxylic acids is 2. The molecule has 12 heteroatoms. The van der Waals surface area contributed by atoms with Crippen molar-refractivity contribution in [2.75, 3.05) is 36.5 Å². The van der Waals surface area contributed by atoms with E-state index in [-0.39, 0.29) is 23.8 Å². The van der Waals surface area contributed by atoms with Crippen molar-refractivity contribution in [3.05, 3.63) is 46.6 Å². The Bertz CT molecular complexity index is 1180. The van der Waals surface area contributed by atoms with E-state index < -0.39 is 23.5 Å². The SMILES string of the molecule is CC(=O)OCC(=O)C1CNCCN1c1nc(Nc2ccc3[nH]ncc3c2)ccc1[N+](=O)[O-]. The third-order valence-corrected chi connectivity index (χ3v) is 5.07. The van der Waals surface area contributed by atoms with Crippen LogP contribution in [0, 0.1) is 10.1 Å². The fourth-order valence-corrected chi connectivity index (χ4v) is 3.55. The van der Waals surface area contributed by atoms with Gasteiger partial charge in [0.15, 0.2) is 12.4 Å². The van der Waals surface area contributed by atoms with Crippen LogP contribution in [0.25, 0.3) is 10.9 Å². The molecule has 1 fully saturated rings. The van der Waals surface area contributed by atoms with E-state index in [9.17, 15) is 19.7 Å². The maximum atomic E-state index is 12.7. The number of ether oxygens (including phenoxy) is 1. The van der Waals surface area contributed by atoms with E-state index in [0.717, 1.165) is 16.6 Å². The molecule has 1 atom stereocenters. The molecule has 166 valence electrons. The lowest BCUT2D eigenvalue weighted by atomic mass is 10.1. The number of benzene rings is 1. The molecule has 12 nitrogen and oxygen atoms in total.